The number of rotatable bonds is 8. The average Bonchev–Trinajstić information content (AvgIpc) is 2.44. The molecule has 0 rings (SSSR count). The molecule has 0 aromatic heterocycles. The molecule has 0 unspecified atom stereocenters. The van der Waals surface area contributed by atoms with Gasteiger partial charge in [0.2, 0.25) is 0 Å². The van der Waals surface area contributed by atoms with Gasteiger partial charge in [-0.2, -0.15) is 0 Å². The molecule has 0 radical (unpaired) electrons. The van der Waals surface area contributed by atoms with E-state index in [2.05, 4.69) is 27.7 Å². The van der Waals surface area contributed by atoms with Crippen LogP contribution in [0.1, 0.15) is 79.1 Å². The van der Waals surface area contributed by atoms with Gasteiger partial charge in [-0.05, 0) is 25.7 Å². The van der Waals surface area contributed by atoms with Crippen LogP contribution in [0.25, 0.3) is 0 Å². The maximum absolute atomic E-state index is 8.07. The number of hydrogen-bond acceptors (Lipinski definition) is 4. The number of aliphatic hydroxyl groups excluding tert-OH is 4. The minimum Gasteiger partial charge on any atom is -0.396 e. The molecule has 4 nitrogen and oxygen atoms in total. The van der Waals surface area contributed by atoms with Crippen LogP contribution in [0.4, 0.5) is 0 Å². The van der Waals surface area contributed by atoms with Crippen LogP contribution < -0.4 is 0 Å². The third-order valence-corrected chi connectivity index (χ3v) is 2.05. The first-order valence-electron chi connectivity index (χ1n) is 8.09. The van der Waals surface area contributed by atoms with Crippen LogP contribution in [0.2, 0.25) is 0 Å². The maximum Gasteiger partial charge on any atom is 0.0430 e. The van der Waals surface area contributed by atoms with Gasteiger partial charge in [0.25, 0.3) is 0 Å². The topological polar surface area (TPSA) is 80.9 Å². The van der Waals surface area contributed by atoms with Gasteiger partial charge in [0.05, 0.1) is 0 Å². The van der Waals surface area contributed by atoms with Crippen molar-refractivity contribution in [1.29, 1.82) is 0 Å². The molecule has 0 saturated heterocycles. The normalized spacial score (nSPS) is 7.64. The van der Waals surface area contributed by atoms with Gasteiger partial charge in [-0.3, -0.25) is 0 Å². The second-order valence-corrected chi connectivity index (χ2v) is 4.31. The van der Waals surface area contributed by atoms with Crippen molar-refractivity contribution < 1.29 is 68.3 Å². The van der Waals surface area contributed by atoms with Crippen molar-refractivity contribution in [2.75, 3.05) is 26.4 Å². The van der Waals surface area contributed by atoms with Crippen LogP contribution in [0.3, 0.4) is 0 Å². The predicted molar refractivity (Wildman–Crippen MR) is 88.0 cm³/mol. The average molecular weight is 436 g/mol. The fourth-order valence-electron chi connectivity index (χ4n) is 0.632. The maximum atomic E-state index is 8.07. The first kappa shape index (κ1) is 38.8. The Bertz CT molecular complexity index is 80.1. The number of aliphatic hydroxyl groups is 4. The monoisotopic (exact) mass is 434 g/mol. The van der Waals surface area contributed by atoms with Crippen LogP contribution in [0.5, 0.6) is 0 Å². The van der Waals surface area contributed by atoms with Crippen molar-refractivity contribution in [3.8, 4) is 0 Å². The molecule has 0 aromatic rings. The fourth-order valence-corrected chi connectivity index (χ4v) is 0.632. The molecule has 136 valence electrons. The van der Waals surface area contributed by atoms with Crippen molar-refractivity contribution in [3.63, 3.8) is 0 Å². The zero-order valence-electron chi connectivity index (χ0n) is 15.3. The van der Waals surface area contributed by atoms with Crippen molar-refractivity contribution in [2.24, 2.45) is 0 Å². The zero-order valence-corrected chi connectivity index (χ0v) is 19.3. The molecule has 6 heteroatoms. The summed E-state index contributed by atoms with van der Waals surface area (Å²) in [5, 5.41) is 32.3. The molecule has 0 atom stereocenters. The van der Waals surface area contributed by atoms with Gasteiger partial charge in [-0.15, -0.1) is 0 Å². The molecule has 0 aromatic carbocycles. The summed E-state index contributed by atoms with van der Waals surface area (Å²) in [6.07, 6.45) is 8.15. The molecule has 0 aliphatic rings. The predicted octanol–water partition coefficient (Wildman–Crippen LogP) is 3.11. The van der Waals surface area contributed by atoms with E-state index >= 15 is 0 Å². The minimum atomic E-state index is 0. The molecular formula is C16H40O4TiZr. The Balaban J connectivity index is -0.0000000376. The third kappa shape index (κ3) is 101. The summed E-state index contributed by atoms with van der Waals surface area (Å²) in [6.45, 7) is 9.58. The molecule has 0 amide bonds. The van der Waals surface area contributed by atoms with E-state index in [1.807, 2.05) is 0 Å². The van der Waals surface area contributed by atoms with Crippen molar-refractivity contribution in [1.82, 2.24) is 0 Å². The summed E-state index contributed by atoms with van der Waals surface area (Å²) in [7, 11) is 0. The van der Waals surface area contributed by atoms with E-state index in [4.69, 9.17) is 20.4 Å². The summed E-state index contributed by atoms with van der Waals surface area (Å²) in [4.78, 5) is 0. The number of unbranched alkanes of at least 4 members (excludes halogenated alkanes) is 4. The van der Waals surface area contributed by atoms with Crippen LogP contribution in [0.15, 0.2) is 0 Å². The van der Waals surface area contributed by atoms with Crippen LogP contribution in [-0.4, -0.2) is 46.9 Å². The van der Waals surface area contributed by atoms with Gasteiger partial charge in [0.1, 0.15) is 0 Å². The Hall–Kier alpha value is 1.44. The van der Waals surface area contributed by atoms with Gasteiger partial charge < -0.3 is 20.4 Å². The molecule has 22 heavy (non-hydrogen) atoms. The van der Waals surface area contributed by atoms with E-state index in [0.29, 0.717) is 26.4 Å². The molecule has 0 bridgehead atoms. The summed E-state index contributed by atoms with van der Waals surface area (Å²) < 4.78 is 0. The van der Waals surface area contributed by atoms with Crippen LogP contribution in [0, 0.1) is 0 Å². The molecule has 0 saturated carbocycles. The Morgan fingerprint density at radius 3 is 0.591 bits per heavy atom. The van der Waals surface area contributed by atoms with E-state index in [0.717, 1.165) is 51.4 Å². The van der Waals surface area contributed by atoms with Gasteiger partial charge >= 0.3 is 0 Å². The summed E-state index contributed by atoms with van der Waals surface area (Å²) >= 11 is 0. The minimum absolute atomic E-state index is 0. The second-order valence-electron chi connectivity index (χ2n) is 4.31. The van der Waals surface area contributed by atoms with E-state index < -0.39 is 0 Å². The third-order valence-electron chi connectivity index (χ3n) is 2.05. The summed E-state index contributed by atoms with van der Waals surface area (Å²) in [6, 6.07) is 0. The van der Waals surface area contributed by atoms with E-state index in [1.165, 1.54) is 0 Å². The van der Waals surface area contributed by atoms with Gasteiger partial charge in [-0.1, -0.05) is 53.4 Å². The standard InChI is InChI=1S/4C4H10O.Ti.Zr/c4*1-2-3-4-5;;/h4*5H,2-4H2,1H3;;. The Morgan fingerprint density at radius 1 is 0.455 bits per heavy atom. The first-order chi connectivity index (χ1) is 9.66. The Morgan fingerprint density at radius 2 is 0.591 bits per heavy atom. The number of hydrogen-bond donors (Lipinski definition) is 4. The van der Waals surface area contributed by atoms with Gasteiger partial charge in [0, 0.05) is 74.3 Å². The fraction of sp³-hybridized carbons (Fsp3) is 1.00. The summed E-state index contributed by atoms with van der Waals surface area (Å²) in [5.74, 6) is 0. The van der Waals surface area contributed by atoms with Gasteiger partial charge in [0.15, 0.2) is 0 Å². The second kappa shape index (κ2) is 57.1. The molecule has 0 heterocycles. The molecule has 4 N–H and O–H groups in total. The van der Waals surface area contributed by atoms with Gasteiger partial charge in [-0.25, -0.2) is 0 Å². The van der Waals surface area contributed by atoms with Crippen molar-refractivity contribution >= 4 is 0 Å². The van der Waals surface area contributed by atoms with E-state index in [1.54, 1.807) is 0 Å². The molecule has 0 aliphatic carbocycles. The largest absolute Gasteiger partial charge is 0.396 e. The Labute approximate surface area is 173 Å². The SMILES string of the molecule is CCCCO.CCCCO.CCCCO.CCCCO.[Ti].[Zr]. The molecule has 0 spiro atoms. The van der Waals surface area contributed by atoms with E-state index in [9.17, 15) is 0 Å². The Kier molecular flexibility index (Phi) is 101. The van der Waals surface area contributed by atoms with Crippen LogP contribution >= 0.6 is 0 Å². The summed E-state index contributed by atoms with van der Waals surface area (Å²) in [5.41, 5.74) is 0. The van der Waals surface area contributed by atoms with Crippen molar-refractivity contribution in [2.45, 2.75) is 79.1 Å². The zero-order chi connectivity index (χ0) is 16.5. The van der Waals surface area contributed by atoms with Crippen molar-refractivity contribution in [3.05, 3.63) is 0 Å². The smallest absolute Gasteiger partial charge is 0.0430 e. The first-order valence-corrected chi connectivity index (χ1v) is 8.09. The quantitative estimate of drug-likeness (QED) is 0.442. The molecule has 0 fully saturated rings. The van der Waals surface area contributed by atoms with E-state index in [-0.39, 0.29) is 47.9 Å². The molecule has 0 aliphatic heterocycles. The van der Waals surface area contributed by atoms with Crippen LogP contribution in [-0.2, 0) is 47.9 Å². The molecular weight excluding hydrogens is 395 g/mol.